The Labute approximate surface area is 101 Å². The van der Waals surface area contributed by atoms with E-state index < -0.39 is 0 Å². The average molecular weight is 225 g/mol. The summed E-state index contributed by atoms with van der Waals surface area (Å²) in [6.07, 6.45) is 1.56. The van der Waals surface area contributed by atoms with Crippen molar-refractivity contribution >= 4 is 0 Å². The van der Waals surface area contributed by atoms with Crippen molar-refractivity contribution in [3.63, 3.8) is 0 Å². The summed E-state index contributed by atoms with van der Waals surface area (Å²) in [4.78, 5) is 7.06. The first kappa shape index (κ1) is 11.4. The summed E-state index contributed by atoms with van der Waals surface area (Å²) in [6.45, 7) is 6.36. The van der Waals surface area contributed by atoms with Gasteiger partial charge in [-0.25, -0.2) is 4.98 Å². The van der Waals surface area contributed by atoms with Crippen LogP contribution in [0.3, 0.4) is 0 Å². The molecule has 3 nitrogen and oxygen atoms in total. The zero-order valence-corrected chi connectivity index (χ0v) is 10.3. The van der Waals surface area contributed by atoms with Crippen LogP contribution < -0.4 is 0 Å². The molecule has 86 valence electrons. The van der Waals surface area contributed by atoms with E-state index in [-0.39, 0.29) is 0 Å². The van der Waals surface area contributed by atoms with Crippen LogP contribution in [0.4, 0.5) is 0 Å². The van der Waals surface area contributed by atoms with Gasteiger partial charge in [0, 0.05) is 5.56 Å². The van der Waals surface area contributed by atoms with Crippen molar-refractivity contribution in [1.82, 2.24) is 9.97 Å². The van der Waals surface area contributed by atoms with Crippen molar-refractivity contribution in [1.29, 1.82) is 5.26 Å². The third-order valence-electron chi connectivity index (χ3n) is 2.94. The van der Waals surface area contributed by atoms with Crippen LogP contribution in [0.25, 0.3) is 11.3 Å². The van der Waals surface area contributed by atoms with Crippen molar-refractivity contribution in [2.45, 2.75) is 26.7 Å². The van der Waals surface area contributed by atoms with E-state index in [9.17, 15) is 0 Å². The maximum absolute atomic E-state index is 9.01. The van der Waals surface area contributed by atoms with Crippen LogP contribution in [-0.2, 0) is 0 Å². The fraction of sp³-hybridized carbons (Fsp3) is 0.286. The summed E-state index contributed by atoms with van der Waals surface area (Å²) < 4.78 is 0. The number of aryl methyl sites for hydroxylation is 1. The molecular formula is C14H15N3. The number of benzene rings is 1. The molecule has 1 N–H and O–H groups in total. The first-order valence-electron chi connectivity index (χ1n) is 5.68. The molecule has 1 aromatic heterocycles. The van der Waals surface area contributed by atoms with Crippen LogP contribution in [0.2, 0.25) is 0 Å². The topological polar surface area (TPSA) is 52.5 Å². The molecule has 0 radical (unpaired) electrons. The molecule has 0 saturated carbocycles. The van der Waals surface area contributed by atoms with Crippen LogP contribution in [0, 0.1) is 18.3 Å². The molecular weight excluding hydrogens is 210 g/mol. The van der Waals surface area contributed by atoms with Crippen molar-refractivity contribution < 1.29 is 0 Å². The van der Waals surface area contributed by atoms with Gasteiger partial charge < -0.3 is 4.98 Å². The molecule has 1 heterocycles. The van der Waals surface area contributed by atoms with E-state index in [0.717, 1.165) is 16.8 Å². The fourth-order valence-electron chi connectivity index (χ4n) is 1.85. The fourth-order valence-corrected chi connectivity index (χ4v) is 1.85. The van der Waals surface area contributed by atoms with Gasteiger partial charge in [0.1, 0.15) is 6.07 Å². The minimum absolute atomic E-state index is 0.453. The number of rotatable bonds is 2. The molecule has 0 aliphatic rings. The number of nitrogens with one attached hydrogen (secondary N) is 1. The van der Waals surface area contributed by atoms with Gasteiger partial charge in [-0.1, -0.05) is 26.0 Å². The highest BCUT2D eigenvalue weighted by atomic mass is 14.9. The van der Waals surface area contributed by atoms with Crippen LogP contribution in [0.1, 0.15) is 36.6 Å². The Morgan fingerprint density at radius 3 is 2.76 bits per heavy atom. The van der Waals surface area contributed by atoms with E-state index in [1.54, 1.807) is 6.33 Å². The average Bonchev–Trinajstić information content (AvgIpc) is 2.77. The first-order valence-corrected chi connectivity index (χ1v) is 5.68. The number of nitriles is 1. The number of imidazole rings is 1. The van der Waals surface area contributed by atoms with Crippen LogP contribution in [-0.4, -0.2) is 9.97 Å². The van der Waals surface area contributed by atoms with Crippen molar-refractivity contribution in [2.75, 3.05) is 0 Å². The SMILES string of the molecule is Cc1ccc(C(C)C)cc1-c1[nH]cnc1C#N. The highest BCUT2D eigenvalue weighted by Gasteiger charge is 2.11. The largest absolute Gasteiger partial charge is 0.343 e. The molecule has 2 aromatic rings. The lowest BCUT2D eigenvalue weighted by Gasteiger charge is -2.10. The molecule has 0 bridgehead atoms. The predicted octanol–water partition coefficient (Wildman–Crippen LogP) is 3.38. The maximum atomic E-state index is 9.01. The number of aromatic nitrogens is 2. The van der Waals surface area contributed by atoms with E-state index >= 15 is 0 Å². The molecule has 2 rings (SSSR count). The molecule has 0 atom stereocenters. The van der Waals surface area contributed by atoms with Gasteiger partial charge in [-0.3, -0.25) is 0 Å². The highest BCUT2D eigenvalue weighted by Crippen LogP contribution is 2.27. The van der Waals surface area contributed by atoms with Gasteiger partial charge in [-0.05, 0) is 30.0 Å². The van der Waals surface area contributed by atoms with E-state index in [1.165, 1.54) is 5.56 Å². The van der Waals surface area contributed by atoms with Crippen LogP contribution >= 0.6 is 0 Å². The number of nitrogens with zero attached hydrogens (tertiary/aromatic N) is 2. The number of hydrogen-bond acceptors (Lipinski definition) is 2. The second-order valence-electron chi connectivity index (χ2n) is 4.47. The summed E-state index contributed by atoms with van der Waals surface area (Å²) in [6, 6.07) is 8.46. The Kier molecular flexibility index (Phi) is 2.97. The number of H-pyrrole nitrogens is 1. The van der Waals surface area contributed by atoms with Gasteiger partial charge >= 0.3 is 0 Å². The molecule has 3 heteroatoms. The lowest BCUT2D eigenvalue weighted by atomic mass is 9.96. The van der Waals surface area contributed by atoms with Gasteiger partial charge in [-0.15, -0.1) is 0 Å². The molecule has 0 saturated heterocycles. The van der Waals surface area contributed by atoms with E-state index in [1.807, 2.05) is 6.92 Å². The first-order chi connectivity index (χ1) is 8.13. The Balaban J connectivity index is 2.59. The number of hydrogen-bond donors (Lipinski definition) is 1. The quantitative estimate of drug-likeness (QED) is 0.851. The van der Waals surface area contributed by atoms with Crippen LogP contribution in [0.15, 0.2) is 24.5 Å². The lowest BCUT2D eigenvalue weighted by Crippen LogP contribution is -1.92. The summed E-state index contributed by atoms with van der Waals surface area (Å²) >= 11 is 0. The van der Waals surface area contributed by atoms with Crippen molar-refractivity contribution in [3.05, 3.63) is 41.3 Å². The summed E-state index contributed by atoms with van der Waals surface area (Å²) in [5.74, 6) is 0.475. The minimum atomic E-state index is 0.453. The monoisotopic (exact) mass is 225 g/mol. The van der Waals surface area contributed by atoms with Crippen molar-refractivity contribution in [3.8, 4) is 17.3 Å². The third-order valence-corrected chi connectivity index (χ3v) is 2.94. The molecule has 0 amide bonds. The molecule has 0 aliphatic heterocycles. The van der Waals surface area contributed by atoms with Gasteiger partial charge in [-0.2, -0.15) is 5.26 Å². The molecule has 0 spiro atoms. The second kappa shape index (κ2) is 4.42. The molecule has 17 heavy (non-hydrogen) atoms. The summed E-state index contributed by atoms with van der Waals surface area (Å²) in [7, 11) is 0. The van der Waals surface area contributed by atoms with Crippen molar-refractivity contribution in [2.24, 2.45) is 0 Å². The summed E-state index contributed by atoms with van der Waals surface area (Å²) in [5.41, 5.74) is 4.74. The predicted molar refractivity (Wildman–Crippen MR) is 67.6 cm³/mol. The molecule has 0 unspecified atom stereocenters. The zero-order valence-electron chi connectivity index (χ0n) is 10.3. The van der Waals surface area contributed by atoms with E-state index in [4.69, 9.17) is 5.26 Å². The minimum Gasteiger partial charge on any atom is -0.343 e. The standard InChI is InChI=1S/C14H15N3/c1-9(2)11-5-4-10(3)12(6-11)14-13(7-15)16-8-17-14/h4-6,8-9H,1-3H3,(H,16,17). The highest BCUT2D eigenvalue weighted by molar-refractivity contribution is 5.69. The van der Waals surface area contributed by atoms with Gasteiger partial charge in [0.25, 0.3) is 0 Å². The normalized spacial score (nSPS) is 10.5. The Hall–Kier alpha value is -2.08. The maximum Gasteiger partial charge on any atom is 0.166 e. The second-order valence-corrected chi connectivity index (χ2v) is 4.47. The Morgan fingerprint density at radius 2 is 2.12 bits per heavy atom. The van der Waals surface area contributed by atoms with Crippen LogP contribution in [0.5, 0.6) is 0 Å². The Morgan fingerprint density at radius 1 is 1.35 bits per heavy atom. The molecule has 0 aliphatic carbocycles. The number of aromatic amines is 1. The van der Waals surface area contributed by atoms with Gasteiger partial charge in [0.15, 0.2) is 5.69 Å². The van der Waals surface area contributed by atoms with E-state index in [2.05, 4.69) is 48.1 Å². The molecule has 1 aromatic carbocycles. The zero-order chi connectivity index (χ0) is 12.4. The Bertz CT molecular complexity index is 573. The van der Waals surface area contributed by atoms with Gasteiger partial charge in [0.2, 0.25) is 0 Å². The van der Waals surface area contributed by atoms with Gasteiger partial charge in [0.05, 0.1) is 12.0 Å². The summed E-state index contributed by atoms with van der Waals surface area (Å²) in [5, 5.41) is 9.01. The molecule has 0 fully saturated rings. The smallest absolute Gasteiger partial charge is 0.166 e. The van der Waals surface area contributed by atoms with E-state index in [0.29, 0.717) is 11.6 Å². The third kappa shape index (κ3) is 2.07. The lowest BCUT2D eigenvalue weighted by molar-refractivity contribution is 0.866.